The van der Waals surface area contributed by atoms with Gasteiger partial charge in [0.05, 0.1) is 11.2 Å². The van der Waals surface area contributed by atoms with Crippen molar-refractivity contribution in [2.45, 2.75) is 6.54 Å². The molecule has 1 N–H and O–H groups in total. The lowest BCUT2D eigenvalue weighted by molar-refractivity contribution is 0.459. The Morgan fingerprint density at radius 2 is 1.89 bits per heavy atom. The highest BCUT2D eigenvalue weighted by Gasteiger charge is 2.05. The standard InChI is InChI=1S/C20H15ClN6O/c21-16-9-15(11-23-12-16)20-25-5-4-18(27-20)26-10-14-2-1-3-17(8-14)28-19-13-22-6-7-24-19/h1-9,11-13H,10H2,(H,25,26,27). The number of aromatic nitrogens is 5. The lowest BCUT2D eigenvalue weighted by Crippen LogP contribution is -2.03. The second kappa shape index (κ2) is 8.41. The van der Waals surface area contributed by atoms with Crippen LogP contribution >= 0.6 is 11.6 Å². The molecular weight excluding hydrogens is 376 g/mol. The van der Waals surface area contributed by atoms with Gasteiger partial charge in [0.25, 0.3) is 0 Å². The van der Waals surface area contributed by atoms with Crippen LogP contribution in [0.25, 0.3) is 11.4 Å². The molecule has 0 bridgehead atoms. The SMILES string of the molecule is Clc1cncc(-c2nccc(NCc3cccc(Oc4cnccn4)c3)n2)c1. The third-order valence-corrected chi connectivity index (χ3v) is 3.96. The van der Waals surface area contributed by atoms with E-state index in [1.165, 1.54) is 0 Å². The number of nitrogens with zero attached hydrogens (tertiary/aromatic N) is 5. The Kier molecular flexibility index (Phi) is 5.35. The molecule has 0 amide bonds. The third kappa shape index (κ3) is 4.57. The van der Waals surface area contributed by atoms with Crippen molar-refractivity contribution in [1.82, 2.24) is 24.9 Å². The summed E-state index contributed by atoms with van der Waals surface area (Å²) in [5, 5.41) is 3.83. The molecule has 0 spiro atoms. The molecule has 8 heteroatoms. The third-order valence-electron chi connectivity index (χ3n) is 3.75. The smallest absolute Gasteiger partial charge is 0.237 e. The van der Waals surface area contributed by atoms with Crippen LogP contribution in [0.3, 0.4) is 0 Å². The van der Waals surface area contributed by atoms with Gasteiger partial charge in [0.2, 0.25) is 5.88 Å². The molecule has 0 unspecified atom stereocenters. The molecule has 0 aliphatic rings. The maximum absolute atomic E-state index is 5.99. The van der Waals surface area contributed by atoms with Crippen LogP contribution in [0.5, 0.6) is 11.6 Å². The number of nitrogens with one attached hydrogen (secondary N) is 1. The monoisotopic (exact) mass is 390 g/mol. The molecule has 0 saturated heterocycles. The van der Waals surface area contributed by atoms with Gasteiger partial charge in [-0.3, -0.25) is 9.97 Å². The van der Waals surface area contributed by atoms with Gasteiger partial charge < -0.3 is 10.1 Å². The fourth-order valence-electron chi connectivity index (χ4n) is 2.50. The Morgan fingerprint density at radius 1 is 0.929 bits per heavy atom. The van der Waals surface area contributed by atoms with E-state index < -0.39 is 0 Å². The van der Waals surface area contributed by atoms with E-state index in [-0.39, 0.29) is 0 Å². The summed E-state index contributed by atoms with van der Waals surface area (Å²) < 4.78 is 5.71. The zero-order chi connectivity index (χ0) is 19.2. The minimum atomic E-state index is 0.447. The van der Waals surface area contributed by atoms with Crippen molar-refractivity contribution in [3.63, 3.8) is 0 Å². The molecule has 138 valence electrons. The molecule has 3 aromatic heterocycles. The average molecular weight is 391 g/mol. The maximum atomic E-state index is 5.99. The predicted molar refractivity (Wildman–Crippen MR) is 106 cm³/mol. The van der Waals surface area contributed by atoms with Crippen LogP contribution in [-0.2, 0) is 6.54 Å². The van der Waals surface area contributed by atoms with Gasteiger partial charge in [-0.25, -0.2) is 15.0 Å². The minimum Gasteiger partial charge on any atom is -0.437 e. The highest BCUT2D eigenvalue weighted by Crippen LogP contribution is 2.21. The first-order chi connectivity index (χ1) is 13.8. The summed E-state index contributed by atoms with van der Waals surface area (Å²) in [5.41, 5.74) is 1.79. The first-order valence-corrected chi connectivity index (χ1v) is 8.85. The average Bonchev–Trinajstić information content (AvgIpc) is 2.74. The highest BCUT2D eigenvalue weighted by atomic mass is 35.5. The molecule has 0 fully saturated rings. The summed E-state index contributed by atoms with van der Waals surface area (Å²) in [6.45, 7) is 0.571. The number of rotatable bonds is 6. The molecule has 28 heavy (non-hydrogen) atoms. The second-order valence-corrected chi connectivity index (χ2v) is 6.24. The lowest BCUT2D eigenvalue weighted by atomic mass is 10.2. The fraction of sp³-hybridized carbons (Fsp3) is 0.0500. The van der Waals surface area contributed by atoms with Crippen molar-refractivity contribution in [1.29, 1.82) is 0 Å². The Bertz CT molecular complexity index is 1080. The summed E-state index contributed by atoms with van der Waals surface area (Å²) in [7, 11) is 0. The van der Waals surface area contributed by atoms with Crippen molar-refractivity contribution in [3.05, 3.63) is 84.2 Å². The van der Waals surface area contributed by atoms with Gasteiger partial charge in [-0.2, -0.15) is 0 Å². The van der Waals surface area contributed by atoms with Crippen LogP contribution in [0.15, 0.2) is 73.6 Å². The molecular formula is C20H15ClN6O. The number of pyridine rings is 1. The molecule has 4 rings (SSSR count). The molecule has 0 atom stereocenters. The second-order valence-electron chi connectivity index (χ2n) is 5.80. The van der Waals surface area contributed by atoms with Gasteiger partial charge in [0, 0.05) is 43.1 Å². The normalized spacial score (nSPS) is 10.5. The van der Waals surface area contributed by atoms with Crippen LogP contribution in [0.2, 0.25) is 5.02 Å². The molecule has 0 saturated carbocycles. The quantitative estimate of drug-likeness (QED) is 0.522. The molecule has 0 radical (unpaired) electrons. The van der Waals surface area contributed by atoms with Crippen molar-refractivity contribution in [2.24, 2.45) is 0 Å². The van der Waals surface area contributed by atoms with E-state index in [0.29, 0.717) is 34.8 Å². The number of anilines is 1. The summed E-state index contributed by atoms with van der Waals surface area (Å²) in [4.78, 5) is 21.0. The zero-order valence-electron chi connectivity index (χ0n) is 14.7. The van der Waals surface area contributed by atoms with Gasteiger partial charge in [0.15, 0.2) is 5.82 Å². The van der Waals surface area contributed by atoms with Crippen molar-refractivity contribution in [2.75, 3.05) is 5.32 Å². The van der Waals surface area contributed by atoms with Crippen LogP contribution in [-0.4, -0.2) is 24.9 Å². The van der Waals surface area contributed by atoms with Gasteiger partial charge >= 0.3 is 0 Å². The van der Waals surface area contributed by atoms with E-state index in [4.69, 9.17) is 16.3 Å². The number of halogens is 1. The van der Waals surface area contributed by atoms with E-state index in [1.54, 1.807) is 49.3 Å². The summed E-state index contributed by atoms with van der Waals surface area (Å²) in [6.07, 6.45) is 9.70. The number of benzene rings is 1. The Hall–Kier alpha value is -3.58. The van der Waals surface area contributed by atoms with Gasteiger partial charge in [-0.05, 0) is 29.8 Å². The number of ether oxygens (including phenoxy) is 1. The zero-order valence-corrected chi connectivity index (χ0v) is 15.4. The van der Waals surface area contributed by atoms with E-state index in [0.717, 1.165) is 11.1 Å². The summed E-state index contributed by atoms with van der Waals surface area (Å²) >= 11 is 5.99. The van der Waals surface area contributed by atoms with E-state index in [1.807, 2.05) is 24.3 Å². The van der Waals surface area contributed by atoms with Gasteiger partial charge in [-0.1, -0.05) is 23.7 Å². The van der Waals surface area contributed by atoms with Crippen molar-refractivity contribution >= 4 is 17.4 Å². The minimum absolute atomic E-state index is 0.447. The largest absolute Gasteiger partial charge is 0.437 e. The maximum Gasteiger partial charge on any atom is 0.237 e. The number of hydrogen-bond acceptors (Lipinski definition) is 7. The van der Waals surface area contributed by atoms with E-state index in [2.05, 4.69) is 30.2 Å². The molecule has 0 aliphatic heterocycles. The molecule has 0 aliphatic carbocycles. The Labute approximate surface area is 166 Å². The first-order valence-electron chi connectivity index (χ1n) is 8.47. The number of hydrogen-bond donors (Lipinski definition) is 1. The predicted octanol–water partition coefficient (Wildman–Crippen LogP) is 4.39. The fourth-order valence-corrected chi connectivity index (χ4v) is 2.67. The topological polar surface area (TPSA) is 85.7 Å². The van der Waals surface area contributed by atoms with E-state index in [9.17, 15) is 0 Å². The lowest BCUT2D eigenvalue weighted by Gasteiger charge is -2.09. The molecule has 4 aromatic rings. The van der Waals surface area contributed by atoms with Crippen LogP contribution in [0, 0.1) is 0 Å². The first kappa shape index (κ1) is 17.8. The van der Waals surface area contributed by atoms with E-state index >= 15 is 0 Å². The van der Waals surface area contributed by atoms with Gasteiger partial charge in [0.1, 0.15) is 11.6 Å². The van der Waals surface area contributed by atoms with Crippen molar-refractivity contribution in [3.8, 4) is 23.0 Å². The van der Waals surface area contributed by atoms with Crippen LogP contribution in [0.4, 0.5) is 5.82 Å². The van der Waals surface area contributed by atoms with Crippen LogP contribution < -0.4 is 10.1 Å². The molecule has 1 aromatic carbocycles. The van der Waals surface area contributed by atoms with Crippen LogP contribution in [0.1, 0.15) is 5.56 Å². The molecule has 3 heterocycles. The summed E-state index contributed by atoms with van der Waals surface area (Å²) in [5.74, 6) is 2.39. The summed E-state index contributed by atoms with van der Waals surface area (Å²) in [6, 6.07) is 11.3. The molecule has 7 nitrogen and oxygen atoms in total. The Balaban J connectivity index is 1.45. The Morgan fingerprint density at radius 3 is 2.75 bits per heavy atom. The van der Waals surface area contributed by atoms with Crippen molar-refractivity contribution < 1.29 is 4.74 Å². The highest BCUT2D eigenvalue weighted by molar-refractivity contribution is 6.30. The van der Waals surface area contributed by atoms with Gasteiger partial charge in [-0.15, -0.1) is 0 Å².